The van der Waals surface area contributed by atoms with E-state index in [9.17, 15) is 10.2 Å². The number of fused-ring (bicyclic) bond motifs is 1. The number of aliphatic hydroxyl groups is 2. The Kier molecular flexibility index (Phi) is 6.11. The van der Waals surface area contributed by atoms with E-state index >= 15 is 0 Å². The highest BCUT2D eigenvalue weighted by atomic mass is 16.5. The zero-order valence-electron chi connectivity index (χ0n) is 19.1. The van der Waals surface area contributed by atoms with E-state index in [1.807, 2.05) is 72.8 Å². The Morgan fingerprint density at radius 3 is 2.00 bits per heavy atom. The van der Waals surface area contributed by atoms with Crippen LogP contribution in [-0.2, 0) is 5.41 Å². The SMILES string of the molecule is COc1ccccc1N1CCN(CCC2(c3ccccc3)C(O)c3ccccc3C2O)CC1. The van der Waals surface area contributed by atoms with Gasteiger partial charge in [-0.25, -0.2) is 0 Å². The molecule has 0 bridgehead atoms. The molecule has 1 fully saturated rings. The van der Waals surface area contributed by atoms with Crippen LogP contribution in [0.2, 0.25) is 0 Å². The summed E-state index contributed by atoms with van der Waals surface area (Å²) >= 11 is 0. The lowest BCUT2D eigenvalue weighted by Crippen LogP contribution is -2.48. The number of piperazine rings is 1. The van der Waals surface area contributed by atoms with Crippen LogP contribution in [-0.4, -0.2) is 54.9 Å². The van der Waals surface area contributed by atoms with E-state index in [2.05, 4.69) is 15.9 Å². The van der Waals surface area contributed by atoms with Crippen molar-refractivity contribution >= 4 is 5.69 Å². The van der Waals surface area contributed by atoms with E-state index in [-0.39, 0.29) is 0 Å². The van der Waals surface area contributed by atoms with Crippen molar-refractivity contribution in [2.75, 3.05) is 44.7 Å². The molecule has 1 aliphatic carbocycles. The number of rotatable bonds is 6. The molecule has 0 amide bonds. The third-order valence-corrected chi connectivity index (χ3v) is 7.51. The Labute approximate surface area is 195 Å². The molecule has 5 rings (SSSR count). The Balaban J connectivity index is 1.33. The van der Waals surface area contributed by atoms with Crippen LogP contribution < -0.4 is 9.64 Å². The highest BCUT2D eigenvalue weighted by Crippen LogP contribution is 2.56. The summed E-state index contributed by atoms with van der Waals surface area (Å²) in [5, 5.41) is 23.0. The smallest absolute Gasteiger partial charge is 0.142 e. The molecule has 5 nitrogen and oxygen atoms in total. The predicted octanol–water partition coefficient (Wildman–Crippen LogP) is 3.93. The van der Waals surface area contributed by atoms with Gasteiger partial charge in [0.15, 0.2) is 0 Å². The van der Waals surface area contributed by atoms with Gasteiger partial charge in [0.05, 0.1) is 30.4 Å². The van der Waals surface area contributed by atoms with Crippen LogP contribution in [0.25, 0.3) is 0 Å². The van der Waals surface area contributed by atoms with E-state index in [0.717, 1.165) is 60.9 Å². The van der Waals surface area contributed by atoms with Gasteiger partial charge in [-0.05, 0) is 41.8 Å². The molecule has 2 N–H and O–H groups in total. The standard InChI is InChI=1S/C28H32N2O3/c1-33-25-14-8-7-13-24(25)30-19-17-29(18-20-30)16-15-28(21-9-3-2-4-10-21)26(31)22-11-5-6-12-23(22)27(28)32/h2-14,26-27,31-32H,15-20H2,1H3. The van der Waals surface area contributed by atoms with Crippen molar-refractivity contribution in [3.8, 4) is 5.75 Å². The number of ether oxygens (including phenoxy) is 1. The molecule has 1 heterocycles. The first-order valence-corrected chi connectivity index (χ1v) is 11.8. The Morgan fingerprint density at radius 2 is 1.36 bits per heavy atom. The van der Waals surface area contributed by atoms with E-state index in [4.69, 9.17) is 4.74 Å². The Hall–Kier alpha value is -2.86. The highest BCUT2D eigenvalue weighted by molar-refractivity contribution is 5.58. The van der Waals surface area contributed by atoms with Crippen molar-refractivity contribution in [1.82, 2.24) is 4.90 Å². The van der Waals surface area contributed by atoms with E-state index < -0.39 is 17.6 Å². The zero-order valence-corrected chi connectivity index (χ0v) is 19.1. The third kappa shape index (κ3) is 3.80. The number of hydrogen-bond donors (Lipinski definition) is 2. The molecule has 2 unspecified atom stereocenters. The van der Waals surface area contributed by atoms with Crippen molar-refractivity contribution in [3.05, 3.63) is 95.6 Å². The van der Waals surface area contributed by atoms with Gasteiger partial charge in [-0.2, -0.15) is 0 Å². The summed E-state index contributed by atoms with van der Waals surface area (Å²) in [5.74, 6) is 0.906. The molecular formula is C28H32N2O3. The maximum Gasteiger partial charge on any atom is 0.142 e. The molecule has 0 saturated carbocycles. The molecule has 5 heteroatoms. The second-order valence-electron chi connectivity index (χ2n) is 9.09. The molecule has 0 spiro atoms. The van der Waals surface area contributed by atoms with Crippen molar-refractivity contribution < 1.29 is 14.9 Å². The number of nitrogens with zero attached hydrogens (tertiary/aromatic N) is 2. The fraction of sp³-hybridized carbons (Fsp3) is 0.357. The third-order valence-electron chi connectivity index (χ3n) is 7.51. The van der Waals surface area contributed by atoms with Crippen LogP contribution in [0.3, 0.4) is 0 Å². The summed E-state index contributed by atoms with van der Waals surface area (Å²) in [5.41, 5.74) is 3.07. The number of methoxy groups -OCH3 is 1. The van der Waals surface area contributed by atoms with Crippen molar-refractivity contribution in [1.29, 1.82) is 0 Å². The number of para-hydroxylation sites is 2. The fourth-order valence-electron chi connectivity index (χ4n) is 5.64. The molecular weight excluding hydrogens is 412 g/mol. The normalized spacial score (nSPS) is 25.1. The first-order valence-electron chi connectivity index (χ1n) is 11.8. The van der Waals surface area contributed by atoms with Gasteiger partial charge in [0.2, 0.25) is 0 Å². The molecule has 3 aromatic rings. The fourth-order valence-corrected chi connectivity index (χ4v) is 5.64. The second kappa shape index (κ2) is 9.18. The van der Waals surface area contributed by atoms with Crippen LogP contribution in [0.4, 0.5) is 5.69 Å². The molecule has 1 aliphatic heterocycles. The lowest BCUT2D eigenvalue weighted by atomic mass is 9.71. The average molecular weight is 445 g/mol. The lowest BCUT2D eigenvalue weighted by Gasteiger charge is -2.41. The first kappa shape index (κ1) is 22.0. The summed E-state index contributed by atoms with van der Waals surface area (Å²) in [6.07, 6.45) is -0.787. The number of hydrogen-bond acceptors (Lipinski definition) is 5. The van der Waals surface area contributed by atoms with Gasteiger partial charge in [-0.15, -0.1) is 0 Å². The molecule has 3 aromatic carbocycles. The van der Waals surface area contributed by atoms with Gasteiger partial charge in [-0.1, -0.05) is 66.7 Å². The van der Waals surface area contributed by atoms with Crippen LogP contribution in [0.15, 0.2) is 78.9 Å². The Bertz CT molecular complexity index is 1050. The van der Waals surface area contributed by atoms with E-state index in [1.54, 1.807) is 7.11 Å². The van der Waals surface area contributed by atoms with Gasteiger partial charge in [-0.3, -0.25) is 4.90 Å². The van der Waals surface area contributed by atoms with Gasteiger partial charge in [0.1, 0.15) is 5.75 Å². The molecule has 0 radical (unpaired) electrons. The molecule has 1 saturated heterocycles. The van der Waals surface area contributed by atoms with Crippen molar-refractivity contribution in [2.45, 2.75) is 24.0 Å². The lowest BCUT2D eigenvalue weighted by molar-refractivity contribution is -0.00758. The van der Waals surface area contributed by atoms with Crippen molar-refractivity contribution in [3.63, 3.8) is 0 Å². The quantitative estimate of drug-likeness (QED) is 0.604. The molecule has 0 aromatic heterocycles. The summed E-state index contributed by atoms with van der Waals surface area (Å²) < 4.78 is 5.55. The maximum absolute atomic E-state index is 11.5. The van der Waals surface area contributed by atoms with Gasteiger partial charge >= 0.3 is 0 Å². The van der Waals surface area contributed by atoms with Crippen molar-refractivity contribution in [2.24, 2.45) is 0 Å². The predicted molar refractivity (Wildman–Crippen MR) is 131 cm³/mol. The minimum Gasteiger partial charge on any atom is -0.495 e. The summed E-state index contributed by atoms with van der Waals surface area (Å²) in [6.45, 7) is 4.52. The van der Waals surface area contributed by atoms with Crippen LogP contribution in [0.5, 0.6) is 5.75 Å². The van der Waals surface area contributed by atoms with Crippen LogP contribution in [0.1, 0.15) is 35.3 Å². The summed E-state index contributed by atoms with van der Waals surface area (Å²) in [4.78, 5) is 4.82. The maximum atomic E-state index is 11.5. The van der Waals surface area contributed by atoms with Gasteiger partial charge < -0.3 is 19.8 Å². The largest absolute Gasteiger partial charge is 0.495 e. The summed E-state index contributed by atoms with van der Waals surface area (Å²) in [7, 11) is 1.72. The van der Waals surface area contributed by atoms with E-state index in [1.165, 1.54) is 0 Å². The minimum absolute atomic E-state index is 0.683. The second-order valence-corrected chi connectivity index (χ2v) is 9.09. The molecule has 2 atom stereocenters. The van der Waals surface area contributed by atoms with E-state index in [0.29, 0.717) is 6.42 Å². The van der Waals surface area contributed by atoms with Crippen LogP contribution in [0, 0.1) is 0 Å². The number of aliphatic hydroxyl groups excluding tert-OH is 2. The summed E-state index contributed by atoms with van der Waals surface area (Å²) in [6, 6.07) is 26.0. The minimum atomic E-state index is -0.745. The molecule has 33 heavy (non-hydrogen) atoms. The number of benzene rings is 3. The highest BCUT2D eigenvalue weighted by Gasteiger charge is 2.53. The van der Waals surface area contributed by atoms with Crippen LogP contribution >= 0.6 is 0 Å². The molecule has 2 aliphatic rings. The zero-order chi connectivity index (χ0) is 22.8. The number of anilines is 1. The average Bonchev–Trinajstić information content (AvgIpc) is 3.11. The van der Waals surface area contributed by atoms with Gasteiger partial charge in [0, 0.05) is 26.2 Å². The Morgan fingerprint density at radius 1 is 0.788 bits per heavy atom. The molecule has 172 valence electrons. The first-order chi connectivity index (χ1) is 16.1. The topological polar surface area (TPSA) is 56.2 Å². The van der Waals surface area contributed by atoms with Gasteiger partial charge in [0.25, 0.3) is 0 Å². The monoisotopic (exact) mass is 444 g/mol.